The Kier molecular flexibility index (Phi) is 18.3. The number of anilines is 12. The minimum absolute atomic E-state index is 0.302. The van der Waals surface area contributed by atoms with Crippen LogP contribution < -0.4 is 19.6 Å². The minimum atomic E-state index is -0.321. The fourth-order valence-corrected chi connectivity index (χ4v) is 18.7. The molecule has 0 N–H and O–H groups in total. The Hall–Kier alpha value is -15.1. The van der Waals surface area contributed by atoms with Gasteiger partial charge in [0.05, 0.1) is 5.69 Å². The van der Waals surface area contributed by atoms with Crippen molar-refractivity contribution >= 4 is 89.8 Å². The first-order valence-electron chi connectivity index (χ1n) is 41.7. The van der Waals surface area contributed by atoms with Crippen LogP contribution in [0.5, 0.6) is 0 Å². The van der Waals surface area contributed by atoms with Crippen LogP contribution in [0, 0.1) is 0 Å². The van der Waals surface area contributed by atoms with Crippen LogP contribution in [0.25, 0.3) is 111 Å². The Bertz CT molecular complexity index is 6990. The van der Waals surface area contributed by atoms with Gasteiger partial charge in [-0.1, -0.05) is 337 Å². The molecule has 0 fully saturated rings. The fourth-order valence-electron chi connectivity index (χ4n) is 18.7. The van der Waals surface area contributed by atoms with E-state index in [-0.39, 0.29) is 10.8 Å². The van der Waals surface area contributed by atoms with Crippen molar-refractivity contribution in [3.8, 4) is 89.0 Å². The average molecular weight is 1540 g/mol. The van der Waals surface area contributed by atoms with Gasteiger partial charge in [-0.05, 0) is 267 Å². The van der Waals surface area contributed by atoms with E-state index in [1.165, 1.54) is 111 Å². The molecule has 0 bridgehead atoms. The molecule has 0 saturated carbocycles. The summed E-state index contributed by atoms with van der Waals surface area (Å²) in [5, 5.41) is 4.93. The first-order valence-corrected chi connectivity index (χ1v) is 41.7. The summed E-state index contributed by atoms with van der Waals surface area (Å²) in [5.74, 6) is 0. The van der Waals surface area contributed by atoms with E-state index in [0.717, 1.165) is 90.5 Å². The molecule has 0 atom stereocenters. The number of para-hydroxylation sites is 2. The summed E-state index contributed by atoms with van der Waals surface area (Å²) in [6, 6.07) is 165. The molecule has 21 rings (SSSR count). The lowest BCUT2D eigenvalue weighted by Gasteiger charge is -2.30. The van der Waals surface area contributed by atoms with Crippen LogP contribution in [0.1, 0.15) is 49.9 Å². The van der Waals surface area contributed by atoms with E-state index in [4.69, 9.17) is 0 Å². The topological polar surface area (TPSA) is 13.0 Å². The van der Waals surface area contributed by atoms with Crippen molar-refractivity contribution in [3.05, 3.63) is 471 Å². The number of hydrogen-bond donors (Lipinski definition) is 0. The number of benzene rings is 19. The van der Waals surface area contributed by atoms with Gasteiger partial charge in [-0.2, -0.15) is 0 Å². The molecule has 570 valence electrons. The molecule has 4 heteroatoms. The van der Waals surface area contributed by atoms with Crippen molar-refractivity contribution in [2.45, 2.75) is 38.5 Å². The number of fused-ring (bicyclic) bond motifs is 9. The van der Waals surface area contributed by atoms with Gasteiger partial charge < -0.3 is 19.6 Å². The minimum Gasteiger partial charge on any atom is -0.310 e. The van der Waals surface area contributed by atoms with Gasteiger partial charge >= 0.3 is 0 Å². The number of nitrogens with zero attached hydrogens (tertiary/aromatic N) is 4. The van der Waals surface area contributed by atoms with Crippen LogP contribution in [0.3, 0.4) is 0 Å². The molecule has 4 nitrogen and oxygen atoms in total. The summed E-state index contributed by atoms with van der Waals surface area (Å²) < 4.78 is 0. The lowest BCUT2D eigenvalue weighted by Crippen LogP contribution is -2.17. The lowest BCUT2D eigenvalue weighted by molar-refractivity contribution is 0.660. The second-order valence-corrected chi connectivity index (χ2v) is 32.8. The van der Waals surface area contributed by atoms with Crippen LogP contribution in [0.2, 0.25) is 0 Å². The molecular formula is C116H86N4. The van der Waals surface area contributed by atoms with E-state index < -0.39 is 0 Å². The van der Waals surface area contributed by atoms with Crippen molar-refractivity contribution in [2.75, 3.05) is 19.6 Å². The molecule has 0 radical (unpaired) electrons. The SMILES string of the molecule is CC1(C)c2cc(N(c3ccccc3)c3ccc(-c4ccccc4)cc3)ccc2-c2ccc(N(c3ccc(-c4ccccc4)cc3)c3ccc(-c4ccc(-c5ccc(-c6ccc(N(c7ccc(-c8ccccc8)cc7)c7ccc8c(c7)C(C)(C)c7cc(N(c9ccccc9)c9cc%10ccccc%10c%10ccccc9%10)ccc7-8)cc6)cc5)cc4)cc3)cc21. The molecule has 2 aliphatic carbocycles. The van der Waals surface area contributed by atoms with Gasteiger partial charge in [0.1, 0.15) is 0 Å². The maximum absolute atomic E-state index is 2.45. The van der Waals surface area contributed by atoms with Crippen LogP contribution >= 0.6 is 0 Å². The molecule has 0 saturated heterocycles. The van der Waals surface area contributed by atoms with E-state index in [1.807, 2.05) is 0 Å². The summed E-state index contributed by atoms with van der Waals surface area (Å²) in [4.78, 5) is 9.67. The summed E-state index contributed by atoms with van der Waals surface area (Å²) in [7, 11) is 0. The number of hydrogen-bond acceptors (Lipinski definition) is 4. The van der Waals surface area contributed by atoms with Gasteiger partial charge in [0.25, 0.3) is 0 Å². The van der Waals surface area contributed by atoms with Gasteiger partial charge in [0.15, 0.2) is 0 Å². The Morgan fingerprint density at radius 3 is 0.642 bits per heavy atom. The molecule has 0 aliphatic heterocycles. The summed E-state index contributed by atoms with van der Waals surface area (Å²) in [5.41, 5.74) is 37.1. The first kappa shape index (κ1) is 72.6. The van der Waals surface area contributed by atoms with Gasteiger partial charge in [0, 0.05) is 78.8 Å². The van der Waals surface area contributed by atoms with E-state index in [0.29, 0.717) is 0 Å². The zero-order valence-corrected chi connectivity index (χ0v) is 67.5. The molecule has 0 spiro atoms. The highest BCUT2D eigenvalue weighted by Crippen LogP contribution is 2.56. The molecule has 2 aliphatic rings. The zero-order valence-electron chi connectivity index (χ0n) is 67.5. The van der Waals surface area contributed by atoms with Crippen molar-refractivity contribution < 1.29 is 0 Å². The smallest absolute Gasteiger partial charge is 0.0546 e. The summed E-state index contributed by atoms with van der Waals surface area (Å²) >= 11 is 0. The zero-order chi connectivity index (χ0) is 80.4. The van der Waals surface area contributed by atoms with Crippen LogP contribution in [0.15, 0.2) is 449 Å². The van der Waals surface area contributed by atoms with Crippen molar-refractivity contribution in [2.24, 2.45) is 0 Å². The summed E-state index contributed by atoms with van der Waals surface area (Å²) in [6.45, 7) is 9.57. The Balaban J connectivity index is 0.549. The van der Waals surface area contributed by atoms with Gasteiger partial charge in [-0.25, -0.2) is 0 Å². The summed E-state index contributed by atoms with van der Waals surface area (Å²) in [6.07, 6.45) is 0. The Labute approximate surface area is 703 Å². The second-order valence-electron chi connectivity index (χ2n) is 32.8. The van der Waals surface area contributed by atoms with Crippen molar-refractivity contribution in [1.82, 2.24) is 0 Å². The van der Waals surface area contributed by atoms with Crippen LogP contribution in [-0.2, 0) is 10.8 Å². The van der Waals surface area contributed by atoms with Gasteiger partial charge in [0.2, 0.25) is 0 Å². The highest BCUT2D eigenvalue weighted by molar-refractivity contribution is 6.15. The first-order chi connectivity index (χ1) is 59.0. The third-order valence-electron chi connectivity index (χ3n) is 25.1. The molecule has 19 aromatic rings. The normalized spacial score (nSPS) is 12.6. The predicted molar refractivity (Wildman–Crippen MR) is 508 cm³/mol. The molecule has 120 heavy (non-hydrogen) atoms. The molecule has 0 amide bonds. The third kappa shape index (κ3) is 13.2. The maximum atomic E-state index is 2.45. The highest BCUT2D eigenvalue weighted by Gasteiger charge is 2.39. The van der Waals surface area contributed by atoms with Crippen molar-refractivity contribution in [1.29, 1.82) is 0 Å². The quantitative estimate of drug-likeness (QED) is 0.0794. The predicted octanol–water partition coefficient (Wildman–Crippen LogP) is 32.5. The lowest BCUT2D eigenvalue weighted by atomic mass is 9.82. The van der Waals surface area contributed by atoms with E-state index in [2.05, 4.69) is 496 Å². The molecule has 0 unspecified atom stereocenters. The second kappa shape index (κ2) is 30.2. The monoisotopic (exact) mass is 1530 g/mol. The van der Waals surface area contributed by atoms with E-state index in [1.54, 1.807) is 0 Å². The standard InChI is InChI=1S/C116H86N4/c1-115(2)110-75-99(117(92-31-16-8-17-32-92)94-56-46-86(47-57-94)79-24-10-5-11-25-79)66-70-105(110)106-71-67-100(76-111(106)115)118(95-58-48-87(49-59-95)80-26-12-6-13-27-80)97-62-52-89(53-63-97)84-42-38-82(39-43-84)83-40-44-85(45-41-83)90-54-64-98(65-55-90)119(96-60-50-88(51-61-96)81-28-14-7-15-29-81)101-68-72-107-108-73-69-102(78-113(108)116(3,4)112(107)77-101)120(93-33-18-9-19-34-93)114-74-91-30-20-21-35-103(91)104-36-22-23-37-109(104)114/h5-78H,1-4H3. The number of rotatable bonds is 18. The Morgan fingerprint density at radius 2 is 0.350 bits per heavy atom. The third-order valence-corrected chi connectivity index (χ3v) is 25.1. The fraction of sp³-hybridized carbons (Fsp3) is 0.0517. The van der Waals surface area contributed by atoms with E-state index >= 15 is 0 Å². The van der Waals surface area contributed by atoms with Crippen LogP contribution in [-0.4, -0.2) is 0 Å². The van der Waals surface area contributed by atoms with Gasteiger partial charge in [-0.15, -0.1) is 0 Å². The van der Waals surface area contributed by atoms with Gasteiger partial charge in [-0.3, -0.25) is 0 Å². The molecular weight excluding hydrogens is 1450 g/mol. The Morgan fingerprint density at radius 1 is 0.150 bits per heavy atom. The van der Waals surface area contributed by atoms with E-state index in [9.17, 15) is 0 Å². The molecule has 19 aromatic carbocycles. The average Bonchev–Trinajstić information content (AvgIpc) is 1.54. The largest absolute Gasteiger partial charge is 0.310 e. The van der Waals surface area contributed by atoms with Crippen LogP contribution in [0.4, 0.5) is 68.2 Å². The van der Waals surface area contributed by atoms with Crippen molar-refractivity contribution in [3.63, 3.8) is 0 Å². The highest BCUT2D eigenvalue weighted by atomic mass is 15.2. The maximum Gasteiger partial charge on any atom is 0.0546 e. The molecule has 0 heterocycles. The molecule has 0 aromatic heterocycles.